The number of fused-ring (bicyclic) bond motifs is 3. The van der Waals surface area contributed by atoms with Gasteiger partial charge in [0.1, 0.15) is 0 Å². The molecule has 272 valence electrons. The van der Waals surface area contributed by atoms with E-state index in [2.05, 4.69) is 82.3 Å². The zero-order valence-corrected chi connectivity index (χ0v) is 30.3. The molecule has 2 unspecified atom stereocenters. The van der Waals surface area contributed by atoms with Crippen LogP contribution in [0.5, 0.6) is 0 Å². The van der Waals surface area contributed by atoms with Gasteiger partial charge in [0.25, 0.3) is 0 Å². The molecule has 6 aromatic rings. The molecule has 0 bridgehead atoms. The van der Waals surface area contributed by atoms with Crippen LogP contribution >= 0.6 is 0 Å². The summed E-state index contributed by atoms with van der Waals surface area (Å²) in [6.45, 7) is 5.99. The van der Waals surface area contributed by atoms with Crippen LogP contribution in [0.3, 0.4) is 0 Å². The Balaban J connectivity index is 0.000000243. The molecule has 0 aliphatic carbocycles. The second kappa shape index (κ2) is 16.1. The minimum atomic E-state index is -4.91. The van der Waals surface area contributed by atoms with E-state index in [9.17, 15) is 36.6 Å². The Bertz CT molecular complexity index is 1950. The predicted octanol–water partition coefficient (Wildman–Crippen LogP) is 10.5. The summed E-state index contributed by atoms with van der Waals surface area (Å²) in [5.74, 6) is 0. The van der Waals surface area contributed by atoms with E-state index in [1.807, 2.05) is 26.8 Å². The van der Waals surface area contributed by atoms with Crippen molar-refractivity contribution in [3.63, 3.8) is 0 Å². The van der Waals surface area contributed by atoms with Gasteiger partial charge in [-0.1, -0.05) is 81.4 Å². The smallest absolute Gasteiger partial charge is 0.393 e. The van der Waals surface area contributed by atoms with Crippen molar-refractivity contribution in [2.75, 3.05) is 0 Å². The topological polar surface area (TPSA) is 58.3 Å². The van der Waals surface area contributed by atoms with Crippen LogP contribution in [-0.4, -0.2) is 32.0 Å². The van der Waals surface area contributed by atoms with Crippen molar-refractivity contribution in [1.29, 1.82) is 0 Å². The Kier molecular flexibility index (Phi) is 12.6. The number of hydrogen-bond acceptors (Lipinski definition) is 3. The second-order valence-corrected chi connectivity index (χ2v) is 13.3. The molecule has 4 aromatic carbocycles. The summed E-state index contributed by atoms with van der Waals surface area (Å²) in [5.41, 5.74) is 1.32. The first-order chi connectivity index (χ1) is 23.5. The van der Waals surface area contributed by atoms with Gasteiger partial charge < -0.3 is 19.8 Å². The van der Waals surface area contributed by atoms with Crippen molar-refractivity contribution < 1.29 is 57.6 Å². The van der Waals surface area contributed by atoms with Gasteiger partial charge in [-0.25, -0.2) is 0 Å². The minimum absolute atomic E-state index is 0. The van der Waals surface area contributed by atoms with Crippen molar-refractivity contribution in [2.24, 2.45) is 5.41 Å². The predicted molar refractivity (Wildman–Crippen MR) is 184 cm³/mol. The first-order valence-corrected chi connectivity index (χ1v) is 16.1. The SMILES string of the molecule is CC(C)(C)C(O)CC(O)CCc1ccc(-n2c3ccccc3c3ccccc32)cc1.FC(F)(F)c1[c-]c(-c2ccccn2)cc(C(F)(F)F)c1.[Pt]. The van der Waals surface area contributed by atoms with Gasteiger partial charge in [0.2, 0.25) is 0 Å². The number of aromatic nitrogens is 2. The Hall–Kier alpha value is -3.98. The van der Waals surface area contributed by atoms with Crippen molar-refractivity contribution in [2.45, 2.75) is 64.6 Å². The molecule has 51 heavy (non-hydrogen) atoms. The molecule has 0 fully saturated rings. The molecule has 0 saturated heterocycles. The van der Waals surface area contributed by atoms with Gasteiger partial charge in [-0.3, -0.25) is 0 Å². The number of aliphatic hydroxyl groups excluding tert-OH is 2. The number of aliphatic hydroxyl groups is 2. The van der Waals surface area contributed by atoms with Gasteiger partial charge in [-0.05, 0) is 77.4 Å². The molecule has 2 aromatic heterocycles. The third kappa shape index (κ3) is 9.88. The van der Waals surface area contributed by atoms with E-state index in [0.717, 1.165) is 12.1 Å². The molecule has 0 saturated carbocycles. The van der Waals surface area contributed by atoms with Gasteiger partial charge in [-0.2, -0.15) is 26.3 Å². The number of aryl methyl sites for hydroxylation is 1. The number of pyridine rings is 1. The zero-order valence-electron chi connectivity index (χ0n) is 28.0. The number of halogens is 6. The fourth-order valence-corrected chi connectivity index (χ4v) is 5.62. The molecule has 11 heteroatoms. The van der Waals surface area contributed by atoms with Gasteiger partial charge in [0.15, 0.2) is 0 Å². The molecule has 0 aliphatic rings. The number of benzene rings is 4. The maximum Gasteiger partial charge on any atom is 0.399 e. The quantitative estimate of drug-likeness (QED) is 0.124. The normalized spacial score (nSPS) is 13.3. The van der Waals surface area contributed by atoms with Crippen LogP contribution in [0.2, 0.25) is 0 Å². The van der Waals surface area contributed by atoms with E-state index in [1.54, 1.807) is 0 Å². The van der Waals surface area contributed by atoms with Crippen molar-refractivity contribution in [3.8, 4) is 16.9 Å². The molecular formula is C40H37F6N2O2Pt-. The minimum Gasteiger partial charge on any atom is -0.393 e. The van der Waals surface area contributed by atoms with Crippen LogP contribution < -0.4 is 0 Å². The summed E-state index contributed by atoms with van der Waals surface area (Å²) in [7, 11) is 0. The molecule has 0 aliphatic heterocycles. The Morgan fingerprint density at radius 2 is 1.29 bits per heavy atom. The first kappa shape index (κ1) is 39.8. The number of para-hydroxylation sites is 2. The van der Waals surface area contributed by atoms with Crippen LogP contribution in [0.15, 0.2) is 109 Å². The number of rotatable bonds is 7. The third-order valence-corrected chi connectivity index (χ3v) is 8.48. The largest absolute Gasteiger partial charge is 0.399 e. The maximum atomic E-state index is 12.7. The van der Waals surface area contributed by atoms with Crippen LogP contribution in [0.4, 0.5) is 26.3 Å². The average molecular weight is 887 g/mol. The summed E-state index contributed by atoms with van der Waals surface area (Å²) < 4.78 is 78.2. The van der Waals surface area contributed by atoms with E-state index in [1.165, 1.54) is 51.8 Å². The zero-order chi connectivity index (χ0) is 36.3. The molecule has 0 spiro atoms. The number of hydrogen-bond donors (Lipinski definition) is 2. The van der Waals surface area contributed by atoms with Crippen LogP contribution in [0.1, 0.15) is 50.3 Å². The maximum absolute atomic E-state index is 12.7. The van der Waals surface area contributed by atoms with E-state index < -0.39 is 35.7 Å². The first-order valence-electron chi connectivity index (χ1n) is 16.1. The van der Waals surface area contributed by atoms with Gasteiger partial charge in [-0.15, -0.1) is 23.8 Å². The van der Waals surface area contributed by atoms with E-state index in [4.69, 9.17) is 0 Å². The fraction of sp³-hybridized carbons (Fsp3) is 0.275. The summed E-state index contributed by atoms with van der Waals surface area (Å²) in [6, 6.07) is 32.5. The van der Waals surface area contributed by atoms with E-state index >= 15 is 0 Å². The standard InChI is InChI=1S/C27H31NO2.C13H6F6N.Pt/c1-27(2,3)26(30)18-21(29)17-14-19-12-15-20(16-13-19)28-24-10-6-4-8-22(24)23-9-5-7-11-25(23)28;14-12(15,16)9-5-8(11-3-1-2-4-20-11)6-10(7-9)13(17,18)19;/h4-13,15-16,21,26,29-30H,14,17-18H2,1-3H3;1-5,7H;/q;-1;. The van der Waals surface area contributed by atoms with Crippen LogP contribution in [0.25, 0.3) is 38.8 Å². The summed E-state index contributed by atoms with van der Waals surface area (Å²) in [4.78, 5) is 3.73. The van der Waals surface area contributed by atoms with E-state index in [0.29, 0.717) is 18.9 Å². The molecule has 0 radical (unpaired) electrons. The number of alkyl halides is 6. The molecule has 2 atom stereocenters. The second-order valence-electron chi connectivity index (χ2n) is 13.3. The van der Waals surface area contributed by atoms with E-state index in [-0.39, 0.29) is 43.8 Å². The molecular weight excluding hydrogens is 850 g/mol. The fourth-order valence-electron chi connectivity index (χ4n) is 5.62. The molecule has 6 rings (SSSR count). The van der Waals surface area contributed by atoms with Crippen LogP contribution in [0, 0.1) is 11.5 Å². The van der Waals surface area contributed by atoms with Crippen molar-refractivity contribution in [3.05, 3.63) is 132 Å². The summed E-state index contributed by atoms with van der Waals surface area (Å²) >= 11 is 0. The average Bonchev–Trinajstić information content (AvgIpc) is 3.41. The molecule has 2 heterocycles. The molecule has 4 nitrogen and oxygen atoms in total. The van der Waals surface area contributed by atoms with Crippen molar-refractivity contribution >= 4 is 21.8 Å². The summed E-state index contributed by atoms with van der Waals surface area (Å²) in [6.07, 6.45) is -7.63. The number of nitrogens with zero attached hydrogens (tertiary/aromatic N) is 2. The van der Waals surface area contributed by atoms with Gasteiger partial charge in [0.05, 0.1) is 23.2 Å². The monoisotopic (exact) mass is 886 g/mol. The Morgan fingerprint density at radius 3 is 1.80 bits per heavy atom. The Labute approximate surface area is 307 Å². The Morgan fingerprint density at radius 1 is 0.725 bits per heavy atom. The van der Waals surface area contributed by atoms with Crippen LogP contribution in [-0.2, 0) is 39.8 Å². The van der Waals surface area contributed by atoms with Gasteiger partial charge in [0, 0.05) is 43.7 Å². The third-order valence-electron chi connectivity index (χ3n) is 8.48. The summed E-state index contributed by atoms with van der Waals surface area (Å²) in [5, 5.41) is 23.1. The van der Waals surface area contributed by atoms with Gasteiger partial charge >= 0.3 is 12.4 Å². The molecule has 0 amide bonds. The molecule has 2 N–H and O–H groups in total. The van der Waals surface area contributed by atoms with Crippen molar-refractivity contribution in [1.82, 2.24) is 9.55 Å².